The van der Waals surface area contributed by atoms with Crippen molar-refractivity contribution in [2.45, 2.75) is 0 Å². The van der Waals surface area contributed by atoms with Crippen molar-refractivity contribution in [3.63, 3.8) is 0 Å². The van der Waals surface area contributed by atoms with Crippen LogP contribution in [0.2, 0.25) is 0 Å². The zero-order valence-electron chi connectivity index (χ0n) is 5.43. The van der Waals surface area contributed by atoms with Crippen molar-refractivity contribution >= 4 is 33.0 Å². The van der Waals surface area contributed by atoms with Crippen LogP contribution in [-0.4, -0.2) is 12.1 Å². The van der Waals surface area contributed by atoms with Crippen LogP contribution in [0.25, 0.3) is 5.76 Å². The summed E-state index contributed by atoms with van der Waals surface area (Å²) < 4.78 is 5.87. The van der Waals surface area contributed by atoms with Gasteiger partial charge >= 0.3 is 0 Å². The van der Waals surface area contributed by atoms with Crippen LogP contribution >= 0.6 is 27.3 Å². The molecule has 0 radical (unpaired) electrons. The van der Waals surface area contributed by atoms with E-state index in [0.717, 1.165) is 8.79 Å². The normalized spacial score (nSPS) is 9.40. The minimum atomic E-state index is 0.607. The van der Waals surface area contributed by atoms with Gasteiger partial charge < -0.3 is 4.74 Å². The third-order valence-electron chi connectivity index (χ3n) is 0.962. The van der Waals surface area contributed by atoms with Crippen LogP contribution in [-0.2, 0) is 4.74 Å². The highest BCUT2D eigenvalue weighted by Crippen LogP contribution is 2.23. The molecule has 0 aliphatic rings. The topological polar surface area (TPSA) is 22.1 Å². The molecule has 0 unspecified atom stereocenters. The minimum Gasteiger partial charge on any atom is -0.494 e. The van der Waals surface area contributed by atoms with Crippen molar-refractivity contribution in [1.82, 2.24) is 4.98 Å². The standard InChI is InChI=1S/C6H6BrNOS/c1-4(9-2)6-8-3-5(7)10-6/h3H,1H2,2H3. The number of ether oxygens (including phenoxy) is 1. The highest BCUT2D eigenvalue weighted by atomic mass is 79.9. The van der Waals surface area contributed by atoms with Gasteiger partial charge in [0.05, 0.1) is 17.1 Å². The lowest BCUT2D eigenvalue weighted by atomic mass is 10.6. The molecule has 4 heteroatoms. The monoisotopic (exact) mass is 219 g/mol. The number of hydrogen-bond acceptors (Lipinski definition) is 3. The van der Waals surface area contributed by atoms with Gasteiger partial charge in [0, 0.05) is 0 Å². The summed E-state index contributed by atoms with van der Waals surface area (Å²) in [6.45, 7) is 3.66. The fraction of sp³-hybridized carbons (Fsp3) is 0.167. The van der Waals surface area contributed by atoms with Crippen molar-refractivity contribution in [3.05, 3.63) is 21.6 Å². The van der Waals surface area contributed by atoms with E-state index in [9.17, 15) is 0 Å². The fourth-order valence-electron chi connectivity index (χ4n) is 0.471. The summed E-state index contributed by atoms with van der Waals surface area (Å²) in [4.78, 5) is 4.03. The predicted octanol–water partition coefficient (Wildman–Crippen LogP) is 2.52. The van der Waals surface area contributed by atoms with E-state index in [2.05, 4.69) is 27.5 Å². The molecule has 0 amide bonds. The van der Waals surface area contributed by atoms with Crippen LogP contribution in [0, 0.1) is 0 Å². The first-order valence-electron chi connectivity index (χ1n) is 2.58. The van der Waals surface area contributed by atoms with Gasteiger partial charge in [0.1, 0.15) is 5.76 Å². The van der Waals surface area contributed by atoms with Crippen molar-refractivity contribution in [2.24, 2.45) is 0 Å². The lowest BCUT2D eigenvalue weighted by Crippen LogP contribution is -1.81. The van der Waals surface area contributed by atoms with E-state index in [1.54, 1.807) is 13.3 Å². The van der Waals surface area contributed by atoms with Crippen LogP contribution in [0.5, 0.6) is 0 Å². The maximum absolute atomic E-state index is 4.88. The Morgan fingerprint density at radius 2 is 2.60 bits per heavy atom. The van der Waals surface area contributed by atoms with E-state index in [-0.39, 0.29) is 0 Å². The molecule has 0 atom stereocenters. The van der Waals surface area contributed by atoms with Crippen molar-refractivity contribution in [2.75, 3.05) is 7.11 Å². The fourth-order valence-corrected chi connectivity index (χ4v) is 1.63. The second-order valence-electron chi connectivity index (χ2n) is 1.60. The summed E-state index contributed by atoms with van der Waals surface area (Å²) in [5.41, 5.74) is 0. The van der Waals surface area contributed by atoms with Crippen molar-refractivity contribution in [3.8, 4) is 0 Å². The van der Waals surface area contributed by atoms with Gasteiger partial charge in [-0.3, -0.25) is 0 Å². The van der Waals surface area contributed by atoms with Gasteiger partial charge in [-0.2, -0.15) is 0 Å². The third kappa shape index (κ3) is 1.58. The Balaban J connectivity index is 2.85. The SMILES string of the molecule is C=C(OC)c1ncc(Br)s1. The molecule has 0 aliphatic carbocycles. The van der Waals surface area contributed by atoms with Gasteiger partial charge in [0.2, 0.25) is 0 Å². The number of nitrogens with zero attached hydrogens (tertiary/aromatic N) is 1. The van der Waals surface area contributed by atoms with Crippen molar-refractivity contribution < 1.29 is 4.74 Å². The molecule has 0 aliphatic heterocycles. The second-order valence-corrected chi connectivity index (χ2v) is 4.01. The molecular weight excluding hydrogens is 214 g/mol. The van der Waals surface area contributed by atoms with Crippen molar-refractivity contribution in [1.29, 1.82) is 0 Å². The highest BCUT2D eigenvalue weighted by molar-refractivity contribution is 9.11. The molecule has 1 aromatic rings. The number of halogens is 1. The number of hydrogen-bond donors (Lipinski definition) is 0. The quantitative estimate of drug-likeness (QED) is 0.714. The maximum atomic E-state index is 4.88. The molecule has 1 heterocycles. The molecule has 1 rings (SSSR count). The van der Waals surface area contributed by atoms with E-state index in [1.807, 2.05) is 0 Å². The van der Waals surface area contributed by atoms with Crippen LogP contribution in [0.1, 0.15) is 5.01 Å². The molecule has 0 N–H and O–H groups in total. The van der Waals surface area contributed by atoms with Gasteiger partial charge in [-0.25, -0.2) is 4.98 Å². The smallest absolute Gasteiger partial charge is 0.158 e. The number of rotatable bonds is 2. The van der Waals surface area contributed by atoms with E-state index in [1.165, 1.54) is 11.3 Å². The Labute approximate surface area is 71.7 Å². The maximum Gasteiger partial charge on any atom is 0.158 e. The van der Waals surface area contributed by atoms with E-state index >= 15 is 0 Å². The van der Waals surface area contributed by atoms with Gasteiger partial charge in [-0.05, 0) is 15.9 Å². The Bertz CT molecular complexity index is 246. The van der Waals surface area contributed by atoms with E-state index in [4.69, 9.17) is 4.74 Å². The van der Waals surface area contributed by atoms with E-state index < -0.39 is 0 Å². The van der Waals surface area contributed by atoms with Crippen LogP contribution < -0.4 is 0 Å². The van der Waals surface area contributed by atoms with Gasteiger partial charge in [0.15, 0.2) is 5.01 Å². The molecule has 1 aromatic heterocycles. The van der Waals surface area contributed by atoms with Gasteiger partial charge in [0.25, 0.3) is 0 Å². The lowest BCUT2D eigenvalue weighted by molar-refractivity contribution is 0.371. The van der Waals surface area contributed by atoms with Gasteiger partial charge in [-0.15, -0.1) is 11.3 Å². The Morgan fingerprint density at radius 1 is 1.90 bits per heavy atom. The van der Waals surface area contributed by atoms with Crippen LogP contribution in [0.3, 0.4) is 0 Å². The summed E-state index contributed by atoms with van der Waals surface area (Å²) in [6, 6.07) is 0. The molecule has 0 aromatic carbocycles. The molecule has 2 nitrogen and oxygen atoms in total. The summed E-state index contributed by atoms with van der Waals surface area (Å²) in [7, 11) is 1.58. The molecule has 54 valence electrons. The Morgan fingerprint density at radius 3 is 3.00 bits per heavy atom. The molecule has 10 heavy (non-hydrogen) atoms. The lowest BCUT2D eigenvalue weighted by Gasteiger charge is -1.95. The average molecular weight is 220 g/mol. The van der Waals surface area contributed by atoms with Gasteiger partial charge in [-0.1, -0.05) is 6.58 Å². The van der Waals surface area contributed by atoms with Crippen LogP contribution in [0.15, 0.2) is 16.6 Å². The zero-order valence-corrected chi connectivity index (χ0v) is 7.83. The molecular formula is C6H6BrNOS. The summed E-state index contributed by atoms with van der Waals surface area (Å²) in [5.74, 6) is 0.607. The Hall–Kier alpha value is -0.350. The van der Waals surface area contributed by atoms with E-state index in [0.29, 0.717) is 5.76 Å². The minimum absolute atomic E-state index is 0.607. The zero-order chi connectivity index (χ0) is 7.56. The summed E-state index contributed by atoms with van der Waals surface area (Å²) >= 11 is 4.79. The second kappa shape index (κ2) is 3.16. The molecule has 0 saturated heterocycles. The number of thiazole rings is 1. The molecule has 0 saturated carbocycles. The molecule has 0 bridgehead atoms. The highest BCUT2D eigenvalue weighted by Gasteiger charge is 2.02. The number of methoxy groups -OCH3 is 1. The first kappa shape index (κ1) is 7.75. The molecule has 0 spiro atoms. The summed E-state index contributed by atoms with van der Waals surface area (Å²) in [5, 5.41) is 0.814. The molecule has 0 fully saturated rings. The largest absolute Gasteiger partial charge is 0.494 e. The summed E-state index contributed by atoms with van der Waals surface area (Å²) in [6.07, 6.45) is 1.73. The average Bonchev–Trinajstić information content (AvgIpc) is 2.34. The first-order valence-corrected chi connectivity index (χ1v) is 4.19. The third-order valence-corrected chi connectivity index (χ3v) is 2.48. The number of aromatic nitrogens is 1. The van der Waals surface area contributed by atoms with Crippen LogP contribution in [0.4, 0.5) is 0 Å². The Kier molecular flexibility index (Phi) is 2.45. The first-order chi connectivity index (χ1) is 4.74. The predicted molar refractivity (Wildman–Crippen MR) is 45.9 cm³/mol.